The molecule has 0 saturated carbocycles. The summed E-state index contributed by atoms with van der Waals surface area (Å²) in [6, 6.07) is 11.4. The molecule has 0 unspecified atom stereocenters. The van der Waals surface area contributed by atoms with Gasteiger partial charge in [0.15, 0.2) is 18.3 Å². The minimum absolute atomic E-state index is 0.0633. The number of rotatable bonds is 6. The molecule has 9 nitrogen and oxygen atoms in total. The Morgan fingerprint density at radius 3 is 2.56 bits per heavy atom. The van der Waals surface area contributed by atoms with Crippen LogP contribution in [0.25, 0.3) is 10.8 Å². The smallest absolute Gasteiger partial charge is 0.341 e. The standard InChI is InChI=1S/C18H16N4O5/c19-18(20)22-12-3-6-14-10(7-12)8-27-16(14)17(25)21-11-1-4-13(5-2-11)26-9-15(23)24/h1-8H,9H2,(H,21,25)(H,23,24)(H4,19,20,22). The number of nitrogens with zero attached hydrogens (tertiary/aromatic N) is 1. The number of guanidine groups is 1. The van der Waals surface area contributed by atoms with E-state index in [1.807, 2.05) is 0 Å². The summed E-state index contributed by atoms with van der Waals surface area (Å²) in [7, 11) is 0. The lowest BCUT2D eigenvalue weighted by Crippen LogP contribution is -2.21. The van der Waals surface area contributed by atoms with Crippen LogP contribution in [0.5, 0.6) is 5.75 Å². The predicted molar refractivity (Wildman–Crippen MR) is 99.2 cm³/mol. The fourth-order valence-electron chi connectivity index (χ4n) is 2.40. The van der Waals surface area contributed by atoms with Gasteiger partial charge < -0.3 is 31.0 Å². The summed E-state index contributed by atoms with van der Waals surface area (Å²) in [4.78, 5) is 26.9. The zero-order valence-electron chi connectivity index (χ0n) is 14.0. The average Bonchev–Trinajstić information content (AvgIpc) is 3.04. The van der Waals surface area contributed by atoms with E-state index >= 15 is 0 Å². The number of carboxylic acid groups (broad SMARTS) is 1. The molecule has 3 rings (SSSR count). The van der Waals surface area contributed by atoms with Crippen LogP contribution in [0, 0.1) is 0 Å². The number of hydrogen-bond donors (Lipinski definition) is 4. The molecular weight excluding hydrogens is 352 g/mol. The monoisotopic (exact) mass is 368 g/mol. The maximum absolute atomic E-state index is 12.5. The SMILES string of the molecule is NC(N)=Nc1ccc2c(C(=O)Nc3ccc(OCC(=O)O)cc3)occ2c1. The van der Waals surface area contributed by atoms with E-state index in [0.717, 1.165) is 0 Å². The number of hydrogen-bond acceptors (Lipinski definition) is 5. The lowest BCUT2D eigenvalue weighted by atomic mass is 10.1. The van der Waals surface area contributed by atoms with Crippen LogP contribution in [-0.4, -0.2) is 29.5 Å². The molecule has 0 aliphatic rings. The third kappa shape index (κ3) is 4.34. The molecule has 0 aliphatic carbocycles. The van der Waals surface area contributed by atoms with E-state index in [0.29, 0.717) is 27.9 Å². The molecule has 138 valence electrons. The Morgan fingerprint density at radius 1 is 1.15 bits per heavy atom. The second kappa shape index (κ2) is 7.48. The fourth-order valence-corrected chi connectivity index (χ4v) is 2.40. The van der Waals surface area contributed by atoms with Crippen LogP contribution >= 0.6 is 0 Å². The molecule has 0 spiro atoms. The van der Waals surface area contributed by atoms with Crippen LogP contribution in [-0.2, 0) is 4.79 Å². The van der Waals surface area contributed by atoms with Gasteiger partial charge in [0.05, 0.1) is 12.0 Å². The van der Waals surface area contributed by atoms with Crippen LogP contribution in [0.1, 0.15) is 10.6 Å². The Kier molecular flexibility index (Phi) is 4.93. The molecule has 0 radical (unpaired) electrons. The topological polar surface area (TPSA) is 153 Å². The number of aliphatic carboxylic acids is 1. The molecule has 0 fully saturated rings. The quantitative estimate of drug-likeness (QED) is 0.383. The van der Waals surface area contributed by atoms with Crippen molar-refractivity contribution in [3.63, 3.8) is 0 Å². The van der Waals surface area contributed by atoms with Gasteiger partial charge in [-0.25, -0.2) is 9.79 Å². The van der Waals surface area contributed by atoms with Crippen LogP contribution in [0.3, 0.4) is 0 Å². The Morgan fingerprint density at radius 2 is 1.89 bits per heavy atom. The van der Waals surface area contributed by atoms with Gasteiger partial charge in [-0.3, -0.25) is 4.79 Å². The Bertz CT molecular complexity index is 1020. The molecule has 0 bridgehead atoms. The minimum atomic E-state index is -1.07. The zero-order chi connectivity index (χ0) is 19.4. The molecule has 1 aromatic heterocycles. The van der Waals surface area contributed by atoms with Crippen LogP contribution in [0.2, 0.25) is 0 Å². The summed E-state index contributed by atoms with van der Waals surface area (Å²) in [6.45, 7) is -0.439. The van der Waals surface area contributed by atoms with Gasteiger partial charge in [0.1, 0.15) is 5.75 Å². The van der Waals surface area contributed by atoms with Crippen LogP contribution in [0.15, 0.2) is 58.1 Å². The van der Waals surface area contributed by atoms with Gasteiger partial charge in [-0.05, 0) is 42.5 Å². The number of carboxylic acids is 1. The van der Waals surface area contributed by atoms with Gasteiger partial charge >= 0.3 is 5.97 Å². The number of carbonyl (C=O) groups is 2. The van der Waals surface area contributed by atoms with E-state index in [1.165, 1.54) is 6.26 Å². The number of anilines is 1. The average molecular weight is 368 g/mol. The van der Waals surface area contributed by atoms with Crippen molar-refractivity contribution in [2.75, 3.05) is 11.9 Å². The summed E-state index contributed by atoms with van der Waals surface area (Å²) in [5.41, 5.74) is 11.8. The summed E-state index contributed by atoms with van der Waals surface area (Å²) in [5.74, 6) is -1.04. The van der Waals surface area contributed by atoms with Crippen molar-refractivity contribution >= 4 is 40.0 Å². The summed E-state index contributed by atoms with van der Waals surface area (Å²) >= 11 is 0. The van der Waals surface area contributed by atoms with E-state index in [-0.39, 0.29) is 11.7 Å². The maximum atomic E-state index is 12.5. The Balaban J connectivity index is 1.74. The van der Waals surface area contributed by atoms with Gasteiger partial charge in [-0.1, -0.05) is 0 Å². The first kappa shape index (κ1) is 17.8. The summed E-state index contributed by atoms with van der Waals surface area (Å²) in [6.07, 6.45) is 1.44. The molecule has 9 heteroatoms. The van der Waals surface area contributed by atoms with E-state index in [2.05, 4.69) is 10.3 Å². The van der Waals surface area contributed by atoms with E-state index < -0.39 is 18.5 Å². The molecular formula is C18H16N4O5. The highest BCUT2D eigenvalue weighted by molar-refractivity contribution is 6.11. The normalized spacial score (nSPS) is 10.4. The molecule has 2 aromatic carbocycles. The lowest BCUT2D eigenvalue weighted by molar-refractivity contribution is -0.139. The van der Waals surface area contributed by atoms with Gasteiger partial charge in [-0.15, -0.1) is 0 Å². The molecule has 0 aliphatic heterocycles. The van der Waals surface area contributed by atoms with Gasteiger partial charge in [0.2, 0.25) is 0 Å². The van der Waals surface area contributed by atoms with Crippen LogP contribution in [0.4, 0.5) is 11.4 Å². The number of nitrogens with two attached hydrogens (primary N) is 2. The second-order valence-electron chi connectivity index (χ2n) is 5.53. The summed E-state index contributed by atoms with van der Waals surface area (Å²) < 4.78 is 10.4. The number of benzene rings is 2. The highest BCUT2D eigenvalue weighted by Crippen LogP contribution is 2.26. The van der Waals surface area contributed by atoms with Crippen molar-refractivity contribution < 1.29 is 23.8 Å². The fraction of sp³-hybridized carbons (Fsp3) is 0.0556. The van der Waals surface area contributed by atoms with Crippen molar-refractivity contribution in [1.29, 1.82) is 0 Å². The summed E-state index contributed by atoms with van der Waals surface area (Å²) in [5, 5.41) is 12.6. The maximum Gasteiger partial charge on any atom is 0.341 e. The largest absolute Gasteiger partial charge is 0.482 e. The highest BCUT2D eigenvalue weighted by Gasteiger charge is 2.15. The number of nitrogens with one attached hydrogen (secondary N) is 1. The van der Waals surface area contributed by atoms with Crippen molar-refractivity contribution in [2.45, 2.75) is 0 Å². The molecule has 27 heavy (non-hydrogen) atoms. The van der Waals surface area contributed by atoms with Gasteiger partial charge in [0.25, 0.3) is 5.91 Å². The van der Waals surface area contributed by atoms with E-state index in [1.54, 1.807) is 42.5 Å². The van der Waals surface area contributed by atoms with Gasteiger partial charge in [0, 0.05) is 16.5 Å². The Hall–Kier alpha value is -4.01. The number of fused-ring (bicyclic) bond motifs is 1. The zero-order valence-corrected chi connectivity index (χ0v) is 14.0. The number of carbonyl (C=O) groups excluding carboxylic acids is 1. The predicted octanol–water partition coefficient (Wildman–Crippen LogP) is 2.05. The van der Waals surface area contributed by atoms with E-state index in [9.17, 15) is 9.59 Å². The minimum Gasteiger partial charge on any atom is -0.482 e. The number of ether oxygens (including phenoxy) is 1. The van der Waals surface area contributed by atoms with Crippen molar-refractivity contribution in [3.05, 3.63) is 54.5 Å². The van der Waals surface area contributed by atoms with Crippen molar-refractivity contribution in [2.24, 2.45) is 16.5 Å². The molecule has 6 N–H and O–H groups in total. The van der Waals surface area contributed by atoms with E-state index in [4.69, 9.17) is 25.7 Å². The second-order valence-corrected chi connectivity index (χ2v) is 5.53. The van der Waals surface area contributed by atoms with Crippen molar-refractivity contribution in [3.8, 4) is 5.75 Å². The van der Waals surface area contributed by atoms with Crippen LogP contribution < -0.4 is 21.5 Å². The molecule has 3 aromatic rings. The molecule has 1 heterocycles. The lowest BCUT2D eigenvalue weighted by Gasteiger charge is -2.06. The number of furan rings is 1. The third-order valence-corrected chi connectivity index (χ3v) is 3.52. The molecule has 0 atom stereocenters. The molecule has 0 saturated heterocycles. The third-order valence-electron chi connectivity index (χ3n) is 3.52. The first-order chi connectivity index (χ1) is 12.9. The number of aliphatic imine (C=N–C) groups is 1. The number of amides is 1. The molecule has 1 amide bonds. The first-order valence-corrected chi connectivity index (χ1v) is 7.79. The van der Waals surface area contributed by atoms with Crippen molar-refractivity contribution in [1.82, 2.24) is 0 Å². The first-order valence-electron chi connectivity index (χ1n) is 7.79. The van der Waals surface area contributed by atoms with Gasteiger partial charge in [-0.2, -0.15) is 0 Å². The highest BCUT2D eigenvalue weighted by atomic mass is 16.5. The Labute approximate surface area is 153 Å².